The van der Waals surface area contributed by atoms with Gasteiger partial charge in [-0.3, -0.25) is 9.82 Å². The topological polar surface area (TPSA) is 108 Å². The Morgan fingerprint density at radius 1 is 1.48 bits per heavy atom. The van der Waals surface area contributed by atoms with Crippen molar-refractivity contribution in [1.82, 2.24) is 15.2 Å². The van der Waals surface area contributed by atoms with Gasteiger partial charge in [0.1, 0.15) is 4.90 Å². The zero-order valence-electron chi connectivity index (χ0n) is 11.5. The van der Waals surface area contributed by atoms with E-state index in [1.807, 2.05) is 0 Å². The van der Waals surface area contributed by atoms with E-state index in [9.17, 15) is 8.42 Å². The summed E-state index contributed by atoms with van der Waals surface area (Å²) in [6.45, 7) is 3.25. The summed E-state index contributed by atoms with van der Waals surface area (Å²) in [5.41, 5.74) is 0.874. The van der Waals surface area contributed by atoms with Crippen molar-refractivity contribution >= 4 is 26.5 Å². The van der Waals surface area contributed by atoms with Gasteiger partial charge in [0.25, 0.3) is 10.0 Å². The van der Waals surface area contributed by atoms with Crippen molar-refractivity contribution in [2.75, 3.05) is 11.3 Å². The van der Waals surface area contributed by atoms with E-state index in [0.29, 0.717) is 22.7 Å². The Kier molecular flexibility index (Phi) is 4.62. The third-order valence-electron chi connectivity index (χ3n) is 2.50. The predicted octanol–water partition coefficient (Wildman–Crippen LogP) is 1.02. The van der Waals surface area contributed by atoms with Crippen molar-refractivity contribution in [2.45, 2.75) is 25.2 Å². The number of aliphatic hydroxyl groups is 1. The van der Waals surface area contributed by atoms with Crippen LogP contribution >= 0.6 is 11.3 Å². The molecule has 2 aromatic heterocycles. The van der Waals surface area contributed by atoms with Crippen LogP contribution in [0.2, 0.25) is 0 Å². The molecule has 0 aromatic carbocycles. The molecule has 0 amide bonds. The highest BCUT2D eigenvalue weighted by atomic mass is 32.2. The number of nitrogens with zero attached hydrogens (tertiary/aromatic N) is 2. The lowest BCUT2D eigenvalue weighted by molar-refractivity contribution is 0.305. The molecule has 0 spiro atoms. The first-order valence-electron chi connectivity index (χ1n) is 6.04. The van der Waals surface area contributed by atoms with Crippen LogP contribution in [0.5, 0.6) is 0 Å². The number of aromatic amines is 1. The van der Waals surface area contributed by atoms with Crippen LogP contribution in [0.4, 0.5) is 5.13 Å². The summed E-state index contributed by atoms with van der Waals surface area (Å²) in [5, 5.41) is 15.4. The molecule has 2 rings (SSSR count). The molecule has 7 nitrogen and oxygen atoms in total. The quantitative estimate of drug-likeness (QED) is 0.727. The second-order valence-electron chi connectivity index (χ2n) is 4.17. The number of aromatic nitrogens is 3. The Morgan fingerprint density at radius 3 is 2.86 bits per heavy atom. The molecule has 2 heterocycles. The smallest absolute Gasteiger partial charge is 0.267 e. The number of rotatable bonds is 4. The van der Waals surface area contributed by atoms with E-state index in [4.69, 9.17) is 5.11 Å². The highest BCUT2D eigenvalue weighted by Crippen LogP contribution is 2.23. The second-order valence-corrected chi connectivity index (χ2v) is 6.82. The van der Waals surface area contributed by atoms with Gasteiger partial charge in [0.15, 0.2) is 5.13 Å². The van der Waals surface area contributed by atoms with E-state index >= 15 is 0 Å². The SMILES string of the molecule is Cc1n[nH]c(C)c1S(=O)(=O)Nc1ncc(C#CCCO)s1. The monoisotopic (exact) mass is 326 g/mol. The van der Waals surface area contributed by atoms with Gasteiger partial charge in [-0.05, 0) is 13.8 Å². The molecule has 0 unspecified atom stereocenters. The minimum atomic E-state index is -3.73. The van der Waals surface area contributed by atoms with Crippen molar-refractivity contribution in [3.63, 3.8) is 0 Å². The molecule has 21 heavy (non-hydrogen) atoms. The molecule has 0 bridgehead atoms. The molecule has 112 valence electrons. The summed E-state index contributed by atoms with van der Waals surface area (Å²) < 4.78 is 27.0. The lowest BCUT2D eigenvalue weighted by Gasteiger charge is -2.04. The van der Waals surface area contributed by atoms with Crippen LogP contribution in [0.25, 0.3) is 0 Å². The minimum absolute atomic E-state index is 0.00959. The number of aliphatic hydroxyl groups excluding tert-OH is 1. The number of hydrogen-bond acceptors (Lipinski definition) is 6. The molecular formula is C12H14N4O3S2. The van der Waals surface area contributed by atoms with Crippen LogP contribution in [0, 0.1) is 25.7 Å². The Morgan fingerprint density at radius 2 is 2.24 bits per heavy atom. The number of nitrogens with one attached hydrogen (secondary N) is 2. The van der Waals surface area contributed by atoms with Gasteiger partial charge in [-0.2, -0.15) is 5.10 Å². The Labute approximate surface area is 126 Å². The van der Waals surface area contributed by atoms with Crippen molar-refractivity contribution in [1.29, 1.82) is 0 Å². The molecule has 0 aliphatic carbocycles. The second kappa shape index (κ2) is 6.26. The molecule has 0 saturated carbocycles. The number of thiazole rings is 1. The van der Waals surface area contributed by atoms with Gasteiger partial charge in [-0.1, -0.05) is 23.2 Å². The fourth-order valence-corrected chi connectivity index (χ4v) is 3.99. The lowest BCUT2D eigenvalue weighted by Crippen LogP contribution is -2.14. The summed E-state index contributed by atoms with van der Waals surface area (Å²) in [5.74, 6) is 5.55. The molecule has 2 aromatic rings. The fraction of sp³-hybridized carbons (Fsp3) is 0.333. The van der Waals surface area contributed by atoms with E-state index in [0.717, 1.165) is 11.3 Å². The molecule has 9 heteroatoms. The molecule has 0 aliphatic rings. The first-order valence-corrected chi connectivity index (χ1v) is 8.34. The van der Waals surface area contributed by atoms with E-state index in [1.54, 1.807) is 13.8 Å². The average Bonchev–Trinajstić information content (AvgIpc) is 2.96. The van der Waals surface area contributed by atoms with Crippen LogP contribution in [0.3, 0.4) is 0 Å². The number of anilines is 1. The molecule has 0 radical (unpaired) electrons. The lowest BCUT2D eigenvalue weighted by atomic mass is 10.4. The van der Waals surface area contributed by atoms with E-state index in [-0.39, 0.29) is 16.6 Å². The predicted molar refractivity (Wildman–Crippen MR) is 79.6 cm³/mol. The largest absolute Gasteiger partial charge is 0.395 e. The van der Waals surface area contributed by atoms with Gasteiger partial charge >= 0.3 is 0 Å². The fourth-order valence-electron chi connectivity index (χ4n) is 1.69. The van der Waals surface area contributed by atoms with Crippen LogP contribution in [-0.4, -0.2) is 35.3 Å². The van der Waals surface area contributed by atoms with Crippen LogP contribution < -0.4 is 4.72 Å². The molecule has 0 atom stereocenters. The van der Waals surface area contributed by atoms with Gasteiger partial charge < -0.3 is 5.11 Å². The van der Waals surface area contributed by atoms with E-state index in [2.05, 4.69) is 31.7 Å². The van der Waals surface area contributed by atoms with Crippen LogP contribution in [0.15, 0.2) is 11.1 Å². The van der Waals surface area contributed by atoms with Gasteiger partial charge in [0, 0.05) is 6.42 Å². The van der Waals surface area contributed by atoms with Gasteiger partial charge in [-0.15, -0.1) is 0 Å². The Bertz CT molecular complexity index is 777. The highest BCUT2D eigenvalue weighted by molar-refractivity contribution is 7.93. The van der Waals surface area contributed by atoms with Crippen molar-refractivity contribution < 1.29 is 13.5 Å². The summed E-state index contributed by atoms with van der Waals surface area (Å²) in [6, 6.07) is 0. The van der Waals surface area contributed by atoms with Crippen LogP contribution in [0.1, 0.15) is 22.7 Å². The number of sulfonamides is 1. The van der Waals surface area contributed by atoms with E-state index < -0.39 is 10.0 Å². The summed E-state index contributed by atoms with van der Waals surface area (Å²) in [7, 11) is -3.73. The number of aryl methyl sites for hydroxylation is 2. The zero-order chi connectivity index (χ0) is 15.5. The maximum Gasteiger partial charge on any atom is 0.267 e. The Hall–Kier alpha value is -1.89. The van der Waals surface area contributed by atoms with E-state index in [1.165, 1.54) is 6.20 Å². The van der Waals surface area contributed by atoms with Crippen molar-refractivity contribution in [2.24, 2.45) is 0 Å². The van der Waals surface area contributed by atoms with Crippen molar-refractivity contribution in [3.05, 3.63) is 22.5 Å². The van der Waals surface area contributed by atoms with Gasteiger partial charge in [0.2, 0.25) is 0 Å². The van der Waals surface area contributed by atoms with Crippen LogP contribution in [-0.2, 0) is 10.0 Å². The summed E-state index contributed by atoms with van der Waals surface area (Å²) in [6.07, 6.45) is 1.86. The van der Waals surface area contributed by atoms with Gasteiger partial charge in [-0.25, -0.2) is 13.4 Å². The molecule has 0 fully saturated rings. The third-order valence-corrected chi connectivity index (χ3v) is 5.06. The summed E-state index contributed by atoms with van der Waals surface area (Å²) >= 11 is 1.13. The average molecular weight is 326 g/mol. The minimum Gasteiger partial charge on any atom is -0.395 e. The maximum atomic E-state index is 12.3. The highest BCUT2D eigenvalue weighted by Gasteiger charge is 2.23. The first kappa shape index (κ1) is 15.5. The normalized spacial score (nSPS) is 11.0. The molecule has 0 aliphatic heterocycles. The first-order chi connectivity index (χ1) is 9.94. The number of H-pyrrole nitrogens is 1. The maximum absolute atomic E-state index is 12.3. The zero-order valence-corrected chi connectivity index (χ0v) is 13.1. The molecule has 3 N–H and O–H groups in total. The van der Waals surface area contributed by atoms with Crippen molar-refractivity contribution in [3.8, 4) is 11.8 Å². The summed E-state index contributed by atoms with van der Waals surface area (Å²) in [4.78, 5) is 4.74. The third kappa shape index (κ3) is 3.60. The number of hydrogen-bond donors (Lipinski definition) is 3. The Balaban J connectivity index is 2.21. The molecular weight excluding hydrogens is 312 g/mol. The van der Waals surface area contributed by atoms with Gasteiger partial charge in [0.05, 0.1) is 29.1 Å². The molecule has 0 saturated heterocycles. The standard InChI is InChI=1S/C12H14N4O3S2/c1-8-11(9(2)15-14-8)21(18,19)16-12-13-7-10(20-12)5-3-4-6-17/h7,17H,4,6H2,1-2H3,(H,13,16)(H,14,15).